The molecule has 138 valence electrons. The molecular formula is C17H13F5N2O2. The molecule has 4 nitrogen and oxygen atoms in total. The first-order chi connectivity index (χ1) is 12.2. The van der Waals surface area contributed by atoms with Gasteiger partial charge in [0.15, 0.2) is 0 Å². The first-order valence-electron chi connectivity index (χ1n) is 7.33. The van der Waals surface area contributed by atoms with Crippen LogP contribution in [-0.4, -0.2) is 18.4 Å². The van der Waals surface area contributed by atoms with Crippen LogP contribution < -0.4 is 10.6 Å². The molecule has 0 aliphatic rings. The zero-order valence-corrected chi connectivity index (χ0v) is 13.2. The SMILES string of the molecule is O=C(CNC(=O)c1ccc(F)cc1F)NCc1cccc(C(F)(F)F)c1. The van der Waals surface area contributed by atoms with Gasteiger partial charge >= 0.3 is 6.18 Å². The van der Waals surface area contributed by atoms with Crippen molar-refractivity contribution in [2.24, 2.45) is 0 Å². The summed E-state index contributed by atoms with van der Waals surface area (Å²) in [6, 6.07) is 6.77. The van der Waals surface area contributed by atoms with Crippen LogP contribution in [-0.2, 0) is 17.5 Å². The van der Waals surface area contributed by atoms with E-state index in [0.29, 0.717) is 6.07 Å². The average Bonchev–Trinajstić information content (AvgIpc) is 2.57. The first kappa shape index (κ1) is 19.4. The molecule has 0 heterocycles. The highest BCUT2D eigenvalue weighted by Crippen LogP contribution is 2.29. The average molecular weight is 372 g/mol. The van der Waals surface area contributed by atoms with Crippen molar-refractivity contribution in [2.75, 3.05) is 6.54 Å². The van der Waals surface area contributed by atoms with E-state index in [0.717, 1.165) is 24.3 Å². The largest absolute Gasteiger partial charge is 0.416 e. The number of amides is 2. The van der Waals surface area contributed by atoms with E-state index < -0.39 is 47.3 Å². The molecule has 0 spiro atoms. The molecule has 0 aromatic heterocycles. The molecule has 0 aliphatic heterocycles. The second-order valence-corrected chi connectivity index (χ2v) is 5.28. The normalized spacial score (nSPS) is 11.1. The fourth-order valence-corrected chi connectivity index (χ4v) is 2.05. The monoisotopic (exact) mass is 372 g/mol. The standard InChI is InChI=1S/C17H13F5N2O2/c18-12-4-5-13(14(19)7-12)16(26)24-9-15(25)23-8-10-2-1-3-11(6-10)17(20,21)22/h1-7H,8-9H2,(H,23,25)(H,24,26). The Morgan fingerprint density at radius 3 is 2.35 bits per heavy atom. The third-order valence-corrected chi connectivity index (χ3v) is 3.33. The van der Waals surface area contributed by atoms with Gasteiger partial charge in [0, 0.05) is 12.6 Å². The first-order valence-corrected chi connectivity index (χ1v) is 7.33. The number of hydrogen-bond donors (Lipinski definition) is 2. The zero-order valence-electron chi connectivity index (χ0n) is 13.2. The van der Waals surface area contributed by atoms with Crippen LogP contribution in [0.15, 0.2) is 42.5 Å². The van der Waals surface area contributed by atoms with E-state index in [1.54, 1.807) is 0 Å². The van der Waals surface area contributed by atoms with E-state index >= 15 is 0 Å². The van der Waals surface area contributed by atoms with Gasteiger partial charge in [-0.3, -0.25) is 9.59 Å². The fourth-order valence-electron chi connectivity index (χ4n) is 2.05. The van der Waals surface area contributed by atoms with Crippen molar-refractivity contribution in [3.8, 4) is 0 Å². The maximum atomic E-state index is 13.4. The summed E-state index contributed by atoms with van der Waals surface area (Å²) in [5, 5.41) is 4.47. The lowest BCUT2D eigenvalue weighted by Gasteiger charge is -2.10. The van der Waals surface area contributed by atoms with Gasteiger partial charge in [-0.25, -0.2) is 8.78 Å². The van der Waals surface area contributed by atoms with Gasteiger partial charge in [0.1, 0.15) is 11.6 Å². The number of hydrogen-bond acceptors (Lipinski definition) is 2. The lowest BCUT2D eigenvalue weighted by molar-refractivity contribution is -0.137. The Labute approximate surface area is 145 Å². The van der Waals surface area contributed by atoms with E-state index in [1.165, 1.54) is 12.1 Å². The van der Waals surface area contributed by atoms with Crippen LogP contribution in [0.1, 0.15) is 21.5 Å². The minimum absolute atomic E-state index is 0.177. The van der Waals surface area contributed by atoms with Crippen LogP contribution in [0.3, 0.4) is 0 Å². The molecule has 2 aromatic carbocycles. The van der Waals surface area contributed by atoms with Crippen molar-refractivity contribution in [2.45, 2.75) is 12.7 Å². The fraction of sp³-hybridized carbons (Fsp3) is 0.176. The maximum absolute atomic E-state index is 13.4. The number of carbonyl (C=O) groups excluding carboxylic acids is 2. The van der Waals surface area contributed by atoms with Crippen molar-refractivity contribution < 1.29 is 31.5 Å². The molecule has 0 saturated heterocycles. The van der Waals surface area contributed by atoms with Gasteiger partial charge < -0.3 is 10.6 Å². The quantitative estimate of drug-likeness (QED) is 0.793. The predicted molar refractivity (Wildman–Crippen MR) is 82.0 cm³/mol. The molecule has 0 unspecified atom stereocenters. The van der Waals surface area contributed by atoms with Crippen LogP contribution in [0.2, 0.25) is 0 Å². The van der Waals surface area contributed by atoms with E-state index in [-0.39, 0.29) is 12.1 Å². The summed E-state index contributed by atoms with van der Waals surface area (Å²) in [6.45, 7) is -0.696. The summed E-state index contributed by atoms with van der Waals surface area (Å²) in [7, 11) is 0. The Morgan fingerprint density at radius 1 is 0.962 bits per heavy atom. The van der Waals surface area contributed by atoms with Crippen LogP contribution >= 0.6 is 0 Å². The second-order valence-electron chi connectivity index (χ2n) is 5.28. The molecule has 26 heavy (non-hydrogen) atoms. The summed E-state index contributed by atoms with van der Waals surface area (Å²) in [6.07, 6.45) is -4.49. The van der Waals surface area contributed by atoms with Gasteiger partial charge in [0.2, 0.25) is 5.91 Å². The van der Waals surface area contributed by atoms with E-state index in [2.05, 4.69) is 10.6 Å². The maximum Gasteiger partial charge on any atom is 0.416 e. The number of nitrogens with one attached hydrogen (secondary N) is 2. The van der Waals surface area contributed by atoms with Gasteiger partial charge in [-0.05, 0) is 29.8 Å². The van der Waals surface area contributed by atoms with E-state index in [9.17, 15) is 31.5 Å². The van der Waals surface area contributed by atoms with Crippen molar-refractivity contribution in [3.05, 3.63) is 70.8 Å². The minimum Gasteiger partial charge on any atom is -0.350 e. The summed E-state index contributed by atoms with van der Waals surface area (Å²) < 4.78 is 64.0. The van der Waals surface area contributed by atoms with Crippen LogP contribution in [0.25, 0.3) is 0 Å². The number of halogens is 5. The Bertz CT molecular complexity index is 821. The van der Waals surface area contributed by atoms with E-state index in [4.69, 9.17) is 0 Å². The van der Waals surface area contributed by atoms with Gasteiger partial charge in [-0.15, -0.1) is 0 Å². The Hall–Kier alpha value is -2.97. The van der Waals surface area contributed by atoms with Gasteiger partial charge in [-0.1, -0.05) is 12.1 Å². The Kier molecular flexibility index (Phi) is 5.91. The van der Waals surface area contributed by atoms with Crippen molar-refractivity contribution in [3.63, 3.8) is 0 Å². The van der Waals surface area contributed by atoms with Gasteiger partial charge in [0.05, 0.1) is 17.7 Å². The van der Waals surface area contributed by atoms with Crippen molar-refractivity contribution in [1.82, 2.24) is 10.6 Å². The van der Waals surface area contributed by atoms with E-state index in [1.807, 2.05) is 0 Å². The molecule has 0 radical (unpaired) electrons. The summed E-state index contributed by atoms with van der Waals surface area (Å²) in [4.78, 5) is 23.4. The Morgan fingerprint density at radius 2 is 1.69 bits per heavy atom. The third-order valence-electron chi connectivity index (χ3n) is 3.33. The smallest absolute Gasteiger partial charge is 0.350 e. The topological polar surface area (TPSA) is 58.2 Å². The number of rotatable bonds is 5. The molecule has 2 amide bonds. The number of benzene rings is 2. The second kappa shape index (κ2) is 7.94. The summed E-state index contributed by atoms with van der Waals surface area (Å²) in [5.41, 5.74) is -1.05. The highest BCUT2D eigenvalue weighted by atomic mass is 19.4. The molecule has 2 N–H and O–H groups in total. The Balaban J connectivity index is 1.87. The molecule has 9 heteroatoms. The highest BCUT2D eigenvalue weighted by Gasteiger charge is 2.30. The summed E-state index contributed by atoms with van der Waals surface area (Å²) in [5.74, 6) is -3.53. The molecule has 0 fully saturated rings. The van der Waals surface area contributed by atoms with Gasteiger partial charge in [-0.2, -0.15) is 13.2 Å². The third kappa shape index (κ3) is 5.27. The lowest BCUT2D eigenvalue weighted by Crippen LogP contribution is -2.37. The minimum atomic E-state index is -4.49. The van der Waals surface area contributed by atoms with Crippen molar-refractivity contribution >= 4 is 11.8 Å². The highest BCUT2D eigenvalue weighted by molar-refractivity contribution is 5.96. The predicted octanol–water partition coefficient (Wildman–Crippen LogP) is 3.03. The number of alkyl halides is 3. The van der Waals surface area contributed by atoms with Crippen LogP contribution in [0.4, 0.5) is 22.0 Å². The van der Waals surface area contributed by atoms with Gasteiger partial charge in [0.25, 0.3) is 5.91 Å². The van der Waals surface area contributed by atoms with Crippen LogP contribution in [0.5, 0.6) is 0 Å². The number of carbonyl (C=O) groups is 2. The molecule has 0 aliphatic carbocycles. The zero-order chi connectivity index (χ0) is 19.3. The molecule has 2 aromatic rings. The molecule has 0 saturated carbocycles. The molecular weight excluding hydrogens is 359 g/mol. The molecule has 2 rings (SSSR count). The van der Waals surface area contributed by atoms with Crippen molar-refractivity contribution in [1.29, 1.82) is 0 Å². The lowest BCUT2D eigenvalue weighted by atomic mass is 10.1. The summed E-state index contributed by atoms with van der Waals surface area (Å²) >= 11 is 0. The molecule has 0 bridgehead atoms. The van der Waals surface area contributed by atoms with Crippen LogP contribution in [0, 0.1) is 11.6 Å². The molecule has 0 atom stereocenters.